The second-order valence-electron chi connectivity index (χ2n) is 4.79. The van der Waals surface area contributed by atoms with Crippen LogP contribution in [0.3, 0.4) is 0 Å². The molecule has 0 saturated carbocycles. The highest BCUT2D eigenvalue weighted by Crippen LogP contribution is 2.28. The molecule has 0 unspecified atom stereocenters. The van der Waals surface area contributed by atoms with Gasteiger partial charge in [-0.3, -0.25) is 20.1 Å². The van der Waals surface area contributed by atoms with E-state index in [9.17, 15) is 0 Å². The Morgan fingerprint density at radius 2 is 1.86 bits per heavy atom. The van der Waals surface area contributed by atoms with Crippen LogP contribution in [0.25, 0.3) is 33.5 Å². The Morgan fingerprint density at radius 3 is 2.64 bits per heavy atom. The van der Waals surface area contributed by atoms with Crippen LogP contribution in [-0.2, 0) is 0 Å². The molecular formula is C16H10BrN5. The van der Waals surface area contributed by atoms with E-state index >= 15 is 0 Å². The second-order valence-corrected chi connectivity index (χ2v) is 5.71. The van der Waals surface area contributed by atoms with Crippen LogP contribution in [0.1, 0.15) is 0 Å². The summed E-state index contributed by atoms with van der Waals surface area (Å²) in [5.41, 5.74) is 4.35. The average molecular weight is 352 g/mol. The molecule has 0 amide bonds. The zero-order valence-electron chi connectivity index (χ0n) is 11.4. The zero-order chi connectivity index (χ0) is 14.9. The van der Waals surface area contributed by atoms with Crippen molar-refractivity contribution in [3.63, 3.8) is 0 Å². The Balaban J connectivity index is 1.88. The first-order chi connectivity index (χ1) is 10.8. The maximum absolute atomic E-state index is 4.46. The van der Waals surface area contributed by atoms with Gasteiger partial charge in [-0.2, -0.15) is 5.10 Å². The third-order valence-corrected chi connectivity index (χ3v) is 3.84. The van der Waals surface area contributed by atoms with Gasteiger partial charge in [-0.15, -0.1) is 0 Å². The third-order valence-electron chi connectivity index (χ3n) is 3.37. The number of nitrogens with zero attached hydrogens (tertiary/aromatic N) is 4. The van der Waals surface area contributed by atoms with E-state index in [0.29, 0.717) is 0 Å². The minimum Gasteiger partial charge on any atom is -0.276 e. The summed E-state index contributed by atoms with van der Waals surface area (Å²) in [6.07, 6.45) is 7.09. The number of aromatic nitrogens is 5. The van der Waals surface area contributed by atoms with Crippen molar-refractivity contribution in [2.75, 3.05) is 0 Å². The predicted molar refractivity (Wildman–Crippen MR) is 88.1 cm³/mol. The molecule has 0 spiro atoms. The van der Waals surface area contributed by atoms with Crippen LogP contribution in [0.4, 0.5) is 0 Å². The van der Waals surface area contributed by atoms with E-state index in [4.69, 9.17) is 0 Å². The monoisotopic (exact) mass is 351 g/mol. The van der Waals surface area contributed by atoms with E-state index in [-0.39, 0.29) is 0 Å². The molecule has 0 radical (unpaired) electrons. The Labute approximate surface area is 134 Å². The van der Waals surface area contributed by atoms with Crippen molar-refractivity contribution in [2.45, 2.75) is 0 Å². The van der Waals surface area contributed by atoms with E-state index < -0.39 is 0 Å². The lowest BCUT2D eigenvalue weighted by molar-refractivity contribution is 1.11. The molecule has 4 aromatic heterocycles. The van der Waals surface area contributed by atoms with Gasteiger partial charge in [-0.1, -0.05) is 0 Å². The first kappa shape index (κ1) is 13.1. The molecule has 0 saturated heterocycles. The van der Waals surface area contributed by atoms with Crippen LogP contribution in [-0.4, -0.2) is 25.1 Å². The number of fused-ring (bicyclic) bond motifs is 1. The van der Waals surface area contributed by atoms with Crippen molar-refractivity contribution in [2.24, 2.45) is 0 Å². The van der Waals surface area contributed by atoms with Crippen molar-refractivity contribution in [1.82, 2.24) is 25.1 Å². The lowest BCUT2D eigenvalue weighted by Crippen LogP contribution is -1.86. The molecule has 4 heterocycles. The van der Waals surface area contributed by atoms with Crippen LogP contribution in [0.2, 0.25) is 0 Å². The van der Waals surface area contributed by atoms with Crippen molar-refractivity contribution >= 4 is 26.8 Å². The van der Waals surface area contributed by atoms with E-state index in [1.807, 2.05) is 30.3 Å². The maximum atomic E-state index is 4.46. The van der Waals surface area contributed by atoms with Gasteiger partial charge in [0, 0.05) is 34.0 Å². The predicted octanol–water partition coefficient (Wildman–Crippen LogP) is 3.84. The van der Waals surface area contributed by atoms with Gasteiger partial charge in [0.25, 0.3) is 0 Å². The molecule has 0 fully saturated rings. The van der Waals surface area contributed by atoms with Gasteiger partial charge >= 0.3 is 0 Å². The van der Waals surface area contributed by atoms with Crippen LogP contribution in [0.5, 0.6) is 0 Å². The fourth-order valence-electron chi connectivity index (χ4n) is 2.30. The molecule has 0 aliphatic carbocycles. The Hall–Kier alpha value is -2.60. The molecular weight excluding hydrogens is 342 g/mol. The van der Waals surface area contributed by atoms with E-state index in [1.54, 1.807) is 24.8 Å². The summed E-state index contributed by atoms with van der Waals surface area (Å²) in [6, 6.07) is 9.78. The molecule has 0 aliphatic heterocycles. The number of halogens is 1. The Kier molecular flexibility index (Phi) is 3.16. The quantitative estimate of drug-likeness (QED) is 0.595. The molecule has 4 rings (SSSR count). The van der Waals surface area contributed by atoms with Crippen LogP contribution in [0, 0.1) is 0 Å². The molecule has 106 valence electrons. The largest absolute Gasteiger partial charge is 0.276 e. The summed E-state index contributed by atoms with van der Waals surface area (Å²) < 4.78 is 0.939. The van der Waals surface area contributed by atoms with Crippen LogP contribution in [0.15, 0.2) is 59.6 Å². The van der Waals surface area contributed by atoms with Gasteiger partial charge in [0.15, 0.2) is 0 Å². The van der Waals surface area contributed by atoms with Gasteiger partial charge in [-0.05, 0) is 46.3 Å². The fourth-order valence-corrected chi connectivity index (χ4v) is 2.53. The van der Waals surface area contributed by atoms with Crippen LogP contribution >= 0.6 is 15.9 Å². The molecule has 6 heteroatoms. The molecule has 0 atom stereocenters. The lowest BCUT2D eigenvalue weighted by atomic mass is 10.1. The smallest absolute Gasteiger partial charge is 0.118 e. The molecule has 5 nitrogen and oxygen atoms in total. The number of aromatic amines is 1. The summed E-state index contributed by atoms with van der Waals surface area (Å²) in [7, 11) is 0. The number of hydrogen-bond donors (Lipinski definition) is 1. The third kappa shape index (κ3) is 2.27. The van der Waals surface area contributed by atoms with Crippen molar-refractivity contribution in [3.8, 4) is 22.6 Å². The Bertz CT molecular complexity index is 932. The average Bonchev–Trinajstić information content (AvgIpc) is 2.99. The lowest BCUT2D eigenvalue weighted by Gasteiger charge is -2.01. The maximum Gasteiger partial charge on any atom is 0.118 e. The summed E-state index contributed by atoms with van der Waals surface area (Å²) >= 11 is 3.39. The Morgan fingerprint density at radius 1 is 0.955 bits per heavy atom. The highest BCUT2D eigenvalue weighted by atomic mass is 79.9. The minimum absolute atomic E-state index is 0.815. The van der Waals surface area contributed by atoms with Gasteiger partial charge in [0.05, 0.1) is 23.1 Å². The molecule has 0 bridgehead atoms. The number of H-pyrrole nitrogens is 1. The van der Waals surface area contributed by atoms with Gasteiger partial charge in [-0.25, -0.2) is 0 Å². The second kappa shape index (κ2) is 5.31. The van der Waals surface area contributed by atoms with Gasteiger partial charge < -0.3 is 0 Å². The fraction of sp³-hybridized carbons (Fsp3) is 0. The summed E-state index contributed by atoms with van der Waals surface area (Å²) in [6.45, 7) is 0. The van der Waals surface area contributed by atoms with Crippen molar-refractivity contribution in [3.05, 3.63) is 59.6 Å². The van der Waals surface area contributed by atoms with Crippen molar-refractivity contribution < 1.29 is 0 Å². The highest BCUT2D eigenvalue weighted by molar-refractivity contribution is 9.10. The number of pyridine rings is 3. The summed E-state index contributed by atoms with van der Waals surface area (Å²) in [4.78, 5) is 13.0. The first-order valence-corrected chi connectivity index (χ1v) is 7.47. The van der Waals surface area contributed by atoms with Gasteiger partial charge in [0.1, 0.15) is 5.69 Å². The van der Waals surface area contributed by atoms with E-state index in [2.05, 4.69) is 41.1 Å². The normalized spacial score (nSPS) is 11.0. The molecule has 0 aromatic carbocycles. The highest BCUT2D eigenvalue weighted by Gasteiger charge is 2.11. The SMILES string of the molecule is Brc1ccc(-c2n[nH]c3cnc(-c4cccnc4)cc23)nc1. The zero-order valence-corrected chi connectivity index (χ0v) is 12.9. The topological polar surface area (TPSA) is 67.3 Å². The molecule has 0 aliphatic rings. The summed E-state index contributed by atoms with van der Waals surface area (Å²) in [5.74, 6) is 0. The molecule has 4 aromatic rings. The summed E-state index contributed by atoms with van der Waals surface area (Å²) in [5, 5.41) is 8.36. The van der Waals surface area contributed by atoms with Crippen molar-refractivity contribution in [1.29, 1.82) is 0 Å². The number of hydrogen-bond acceptors (Lipinski definition) is 4. The van der Waals surface area contributed by atoms with E-state index in [1.165, 1.54) is 0 Å². The first-order valence-electron chi connectivity index (χ1n) is 6.68. The number of rotatable bonds is 2. The molecule has 1 N–H and O–H groups in total. The minimum atomic E-state index is 0.815. The standard InChI is InChI=1S/C16H10BrN5/c17-11-3-4-13(19-8-11)16-12-6-14(10-2-1-5-18-7-10)20-9-15(12)21-22-16/h1-9H,(H,21,22). The van der Waals surface area contributed by atoms with Gasteiger partial charge in [0.2, 0.25) is 0 Å². The van der Waals surface area contributed by atoms with E-state index in [0.717, 1.165) is 38.0 Å². The van der Waals surface area contributed by atoms with Crippen LogP contribution < -0.4 is 0 Å². The molecule has 22 heavy (non-hydrogen) atoms. The number of nitrogens with one attached hydrogen (secondary N) is 1.